The summed E-state index contributed by atoms with van der Waals surface area (Å²) in [6.45, 7) is 6.04. The van der Waals surface area contributed by atoms with Gasteiger partial charge >= 0.3 is 5.97 Å². The highest BCUT2D eigenvalue weighted by atomic mass is 32.1. The number of carbonyl (C=O) groups excluding carboxylic acids is 2. The molecule has 1 N–H and O–H groups in total. The molecular weight excluding hydrogens is 386 g/mol. The zero-order chi connectivity index (χ0) is 21.0. The van der Waals surface area contributed by atoms with Gasteiger partial charge in [0.25, 0.3) is 5.91 Å². The van der Waals surface area contributed by atoms with Gasteiger partial charge in [-0.2, -0.15) is 5.26 Å². The smallest absolute Gasteiger partial charge is 0.340 e. The average Bonchev–Trinajstić information content (AvgIpc) is 3.32. The molecule has 2 aromatic heterocycles. The second-order valence-electron chi connectivity index (χ2n) is 6.68. The minimum atomic E-state index is -0.960. The summed E-state index contributed by atoms with van der Waals surface area (Å²) in [6, 6.07) is 14.3. The fraction of sp³-hybridized carbons (Fsp3) is 0.227. The Morgan fingerprint density at radius 2 is 1.97 bits per heavy atom. The minimum absolute atomic E-state index is 0.435. The predicted molar refractivity (Wildman–Crippen MR) is 112 cm³/mol. The van der Waals surface area contributed by atoms with Crippen molar-refractivity contribution in [3.05, 3.63) is 75.2 Å². The summed E-state index contributed by atoms with van der Waals surface area (Å²) >= 11 is 1.66. The highest BCUT2D eigenvalue weighted by Crippen LogP contribution is 2.20. The third-order valence-corrected chi connectivity index (χ3v) is 5.48. The summed E-state index contributed by atoms with van der Waals surface area (Å²) < 4.78 is 7.45. The number of benzene rings is 1. The van der Waals surface area contributed by atoms with E-state index in [9.17, 15) is 9.59 Å². The molecule has 29 heavy (non-hydrogen) atoms. The number of carbonyl (C=O) groups is 2. The Morgan fingerprint density at radius 3 is 2.59 bits per heavy atom. The van der Waals surface area contributed by atoms with Crippen molar-refractivity contribution in [3.63, 3.8) is 0 Å². The standard InChI is InChI=1S/C22H21N3O3S/c1-14-11-20(15(2)25(14)13-19-5-4-10-29-19)22(27)28-16(3)21(26)24-18-8-6-17(12-23)7-9-18/h4-11,16H,13H2,1-3H3,(H,24,26)/t16-/m1/s1. The highest BCUT2D eigenvalue weighted by Gasteiger charge is 2.23. The van der Waals surface area contributed by atoms with Crippen molar-refractivity contribution in [2.45, 2.75) is 33.4 Å². The van der Waals surface area contributed by atoms with Gasteiger partial charge in [0, 0.05) is 22.0 Å². The number of nitrogens with one attached hydrogen (secondary N) is 1. The average molecular weight is 407 g/mol. The Kier molecular flexibility index (Phi) is 6.15. The zero-order valence-corrected chi connectivity index (χ0v) is 17.2. The van der Waals surface area contributed by atoms with E-state index in [0.717, 1.165) is 11.4 Å². The Hall–Kier alpha value is -3.37. The van der Waals surface area contributed by atoms with Gasteiger partial charge in [0.05, 0.1) is 23.7 Å². The second kappa shape index (κ2) is 8.76. The molecular formula is C22H21N3O3S. The van der Waals surface area contributed by atoms with Gasteiger partial charge in [-0.05, 0) is 62.5 Å². The number of anilines is 1. The third-order valence-electron chi connectivity index (χ3n) is 4.62. The fourth-order valence-corrected chi connectivity index (χ4v) is 3.65. The summed E-state index contributed by atoms with van der Waals surface area (Å²) in [5.74, 6) is -0.964. The van der Waals surface area contributed by atoms with Crippen molar-refractivity contribution in [2.75, 3.05) is 5.32 Å². The number of aromatic nitrogens is 1. The molecule has 148 valence electrons. The normalized spacial score (nSPS) is 11.5. The monoisotopic (exact) mass is 407 g/mol. The molecule has 3 rings (SSSR count). The van der Waals surface area contributed by atoms with Crippen LogP contribution in [0.25, 0.3) is 0 Å². The van der Waals surface area contributed by atoms with Crippen LogP contribution in [-0.2, 0) is 16.1 Å². The molecule has 0 bridgehead atoms. The van der Waals surface area contributed by atoms with Crippen LogP contribution in [0.2, 0.25) is 0 Å². The number of nitriles is 1. The molecule has 1 atom stereocenters. The summed E-state index contributed by atoms with van der Waals surface area (Å²) in [4.78, 5) is 26.2. The first-order valence-electron chi connectivity index (χ1n) is 9.10. The van der Waals surface area contributed by atoms with Crippen LogP contribution in [-0.4, -0.2) is 22.5 Å². The highest BCUT2D eigenvalue weighted by molar-refractivity contribution is 7.09. The summed E-state index contributed by atoms with van der Waals surface area (Å²) in [7, 11) is 0. The fourth-order valence-electron chi connectivity index (χ4n) is 2.96. The summed E-state index contributed by atoms with van der Waals surface area (Å²) in [6.07, 6.45) is -0.960. The molecule has 0 fully saturated rings. The Morgan fingerprint density at radius 1 is 1.24 bits per heavy atom. The van der Waals surface area contributed by atoms with E-state index in [0.29, 0.717) is 23.4 Å². The molecule has 0 unspecified atom stereocenters. The summed E-state index contributed by atoms with van der Waals surface area (Å²) in [5.41, 5.74) is 3.25. The van der Waals surface area contributed by atoms with E-state index in [1.807, 2.05) is 31.4 Å². The first-order chi connectivity index (χ1) is 13.9. The van der Waals surface area contributed by atoms with Crippen molar-refractivity contribution < 1.29 is 14.3 Å². The van der Waals surface area contributed by atoms with Crippen molar-refractivity contribution in [1.82, 2.24) is 4.57 Å². The lowest BCUT2D eigenvalue weighted by molar-refractivity contribution is -0.123. The minimum Gasteiger partial charge on any atom is -0.449 e. The van der Waals surface area contributed by atoms with Crippen LogP contribution in [0, 0.1) is 25.2 Å². The maximum atomic E-state index is 12.6. The van der Waals surface area contributed by atoms with Gasteiger partial charge in [0.15, 0.2) is 6.10 Å². The number of hydrogen-bond acceptors (Lipinski definition) is 5. The van der Waals surface area contributed by atoms with Crippen molar-refractivity contribution >= 4 is 28.9 Å². The van der Waals surface area contributed by atoms with Crippen LogP contribution in [0.4, 0.5) is 5.69 Å². The van der Waals surface area contributed by atoms with E-state index in [-0.39, 0.29) is 0 Å². The van der Waals surface area contributed by atoms with Crippen molar-refractivity contribution in [3.8, 4) is 6.07 Å². The largest absolute Gasteiger partial charge is 0.449 e. The second-order valence-corrected chi connectivity index (χ2v) is 7.71. The Balaban J connectivity index is 1.66. The number of esters is 1. The van der Waals surface area contributed by atoms with Gasteiger partial charge in [-0.15, -0.1) is 11.3 Å². The number of amides is 1. The SMILES string of the molecule is Cc1cc(C(=O)O[C@H](C)C(=O)Nc2ccc(C#N)cc2)c(C)n1Cc1cccs1. The van der Waals surface area contributed by atoms with E-state index in [4.69, 9.17) is 10.00 Å². The van der Waals surface area contributed by atoms with E-state index >= 15 is 0 Å². The first-order valence-corrected chi connectivity index (χ1v) is 9.98. The van der Waals surface area contributed by atoms with Gasteiger partial charge in [-0.3, -0.25) is 4.79 Å². The van der Waals surface area contributed by atoms with E-state index in [1.165, 1.54) is 11.8 Å². The van der Waals surface area contributed by atoms with E-state index in [2.05, 4.69) is 16.0 Å². The lowest BCUT2D eigenvalue weighted by Gasteiger charge is -2.14. The molecule has 0 aliphatic carbocycles. The molecule has 1 amide bonds. The van der Waals surface area contributed by atoms with E-state index < -0.39 is 18.0 Å². The number of hydrogen-bond donors (Lipinski definition) is 1. The van der Waals surface area contributed by atoms with Gasteiger partial charge in [0.2, 0.25) is 0 Å². The predicted octanol–water partition coefficient (Wildman–Crippen LogP) is 4.27. The van der Waals surface area contributed by atoms with Gasteiger partial charge in [0.1, 0.15) is 0 Å². The van der Waals surface area contributed by atoms with Crippen LogP contribution >= 0.6 is 11.3 Å². The number of thiophene rings is 1. The lowest BCUT2D eigenvalue weighted by atomic mass is 10.2. The Bertz CT molecular complexity index is 1060. The van der Waals surface area contributed by atoms with Gasteiger partial charge in [-0.25, -0.2) is 4.79 Å². The third kappa shape index (κ3) is 4.73. The molecule has 0 saturated carbocycles. The molecule has 3 aromatic rings. The molecule has 0 aliphatic rings. The number of aryl methyl sites for hydroxylation is 1. The zero-order valence-electron chi connectivity index (χ0n) is 16.4. The number of rotatable bonds is 6. The maximum Gasteiger partial charge on any atom is 0.340 e. The molecule has 0 saturated heterocycles. The molecule has 6 nitrogen and oxygen atoms in total. The van der Waals surface area contributed by atoms with Crippen LogP contribution < -0.4 is 5.32 Å². The maximum absolute atomic E-state index is 12.6. The number of ether oxygens (including phenoxy) is 1. The molecule has 1 aromatic carbocycles. The first kappa shape index (κ1) is 20.4. The molecule has 0 spiro atoms. The van der Waals surface area contributed by atoms with Crippen molar-refractivity contribution in [1.29, 1.82) is 5.26 Å². The van der Waals surface area contributed by atoms with Gasteiger partial charge < -0.3 is 14.6 Å². The Labute approximate surface area is 173 Å². The topological polar surface area (TPSA) is 84.1 Å². The molecule has 7 heteroatoms. The lowest BCUT2D eigenvalue weighted by Crippen LogP contribution is -2.30. The van der Waals surface area contributed by atoms with Crippen LogP contribution in [0.15, 0.2) is 47.8 Å². The number of nitrogens with zero attached hydrogens (tertiary/aromatic N) is 2. The quantitative estimate of drug-likeness (QED) is 0.619. The van der Waals surface area contributed by atoms with Crippen LogP contribution in [0.3, 0.4) is 0 Å². The van der Waals surface area contributed by atoms with Gasteiger partial charge in [-0.1, -0.05) is 6.07 Å². The molecule has 0 aliphatic heterocycles. The van der Waals surface area contributed by atoms with Crippen LogP contribution in [0.1, 0.15) is 39.1 Å². The van der Waals surface area contributed by atoms with E-state index in [1.54, 1.807) is 41.7 Å². The molecule has 0 radical (unpaired) electrons. The van der Waals surface area contributed by atoms with Crippen LogP contribution in [0.5, 0.6) is 0 Å². The summed E-state index contributed by atoms with van der Waals surface area (Å²) in [5, 5.41) is 13.5. The molecule has 2 heterocycles. The van der Waals surface area contributed by atoms with Crippen molar-refractivity contribution in [2.24, 2.45) is 0 Å².